The number of benzene rings is 2. The lowest BCUT2D eigenvalue weighted by atomic mass is 9.93. The molecule has 0 bridgehead atoms. The number of hydrogen-bond acceptors (Lipinski definition) is 5. The number of para-hydroxylation sites is 1. The van der Waals surface area contributed by atoms with Gasteiger partial charge in [0.05, 0.1) is 22.8 Å². The number of hydrogen-bond donors (Lipinski definition) is 0. The van der Waals surface area contributed by atoms with Crippen molar-refractivity contribution in [1.29, 1.82) is 0 Å². The van der Waals surface area contributed by atoms with Crippen LogP contribution in [-0.4, -0.2) is 45.3 Å². The van der Waals surface area contributed by atoms with Crippen molar-refractivity contribution in [3.8, 4) is 11.3 Å². The minimum Gasteiger partial charge on any atom is -0.332 e. The number of halogens is 1. The monoisotopic (exact) mass is 487 g/mol. The second-order valence-corrected chi connectivity index (χ2v) is 10.1. The van der Waals surface area contributed by atoms with Gasteiger partial charge in [-0.3, -0.25) is 14.6 Å². The number of ketones is 1. The largest absolute Gasteiger partial charge is 0.332 e. The van der Waals surface area contributed by atoms with Gasteiger partial charge in [0.2, 0.25) is 0 Å². The number of amides is 1. The van der Waals surface area contributed by atoms with Crippen molar-refractivity contribution in [2.45, 2.75) is 44.8 Å². The van der Waals surface area contributed by atoms with Crippen LogP contribution in [0.25, 0.3) is 22.2 Å². The van der Waals surface area contributed by atoms with Gasteiger partial charge in [-0.25, -0.2) is 9.37 Å². The van der Waals surface area contributed by atoms with Crippen molar-refractivity contribution >= 4 is 33.9 Å². The molecule has 0 radical (unpaired) electrons. The van der Waals surface area contributed by atoms with Crippen LogP contribution in [0, 0.1) is 6.92 Å². The topological polar surface area (TPSA) is 63.2 Å². The molecular weight excluding hydrogens is 461 g/mol. The number of aromatic nitrogens is 2. The molecule has 0 aliphatic carbocycles. The maximum absolute atomic E-state index is 14.5. The minimum atomic E-state index is -1.07. The fraction of sp³-hybridized carbons (Fsp3) is 0.286. The van der Waals surface area contributed by atoms with Gasteiger partial charge in [-0.05, 0) is 38.3 Å². The summed E-state index contributed by atoms with van der Waals surface area (Å²) in [6, 6.07) is 18.8. The van der Waals surface area contributed by atoms with E-state index in [9.17, 15) is 14.0 Å². The van der Waals surface area contributed by atoms with E-state index in [1.54, 1.807) is 17.2 Å². The van der Waals surface area contributed by atoms with Crippen LogP contribution in [0.4, 0.5) is 4.39 Å². The first-order valence-corrected chi connectivity index (χ1v) is 12.7. The molecule has 1 saturated heterocycles. The van der Waals surface area contributed by atoms with Gasteiger partial charge in [-0.1, -0.05) is 48.5 Å². The molecular formula is C28H26FN3O2S. The van der Waals surface area contributed by atoms with E-state index in [1.165, 1.54) is 11.3 Å². The second kappa shape index (κ2) is 10.0. The molecule has 1 aliphatic heterocycles. The van der Waals surface area contributed by atoms with Crippen LogP contribution in [0.1, 0.15) is 50.7 Å². The fourth-order valence-electron chi connectivity index (χ4n) is 4.79. The number of alkyl halides is 1. The van der Waals surface area contributed by atoms with E-state index in [-0.39, 0.29) is 30.7 Å². The molecule has 4 aromatic rings. The number of rotatable bonds is 6. The number of Topliss-reactive ketones (excluding diaryl/α,β-unsaturated/α-hetero) is 1. The predicted octanol–water partition coefficient (Wildman–Crippen LogP) is 6.27. The predicted molar refractivity (Wildman–Crippen MR) is 137 cm³/mol. The van der Waals surface area contributed by atoms with Crippen LogP contribution in [0.2, 0.25) is 0 Å². The van der Waals surface area contributed by atoms with Gasteiger partial charge in [0.25, 0.3) is 5.91 Å². The second-order valence-electron chi connectivity index (χ2n) is 8.91. The first-order valence-electron chi connectivity index (χ1n) is 11.9. The van der Waals surface area contributed by atoms with Crippen LogP contribution in [-0.2, 0) is 0 Å². The number of likely N-dealkylation sites (tertiary alicyclic amines) is 1. The van der Waals surface area contributed by atoms with Crippen LogP contribution >= 0.6 is 11.3 Å². The zero-order chi connectivity index (χ0) is 24.4. The maximum atomic E-state index is 14.5. The van der Waals surface area contributed by atoms with Crippen LogP contribution in [0.5, 0.6) is 0 Å². The highest BCUT2D eigenvalue weighted by Crippen LogP contribution is 2.32. The number of carbonyl (C=O) groups excluding carboxylic acids is 2. The van der Waals surface area contributed by atoms with Gasteiger partial charge in [0.15, 0.2) is 5.78 Å². The molecule has 2 atom stereocenters. The average molecular weight is 488 g/mol. The van der Waals surface area contributed by atoms with Crippen molar-refractivity contribution in [3.63, 3.8) is 0 Å². The Bertz CT molecular complexity index is 1370. The van der Waals surface area contributed by atoms with Crippen molar-refractivity contribution in [3.05, 3.63) is 82.3 Å². The lowest BCUT2D eigenvalue weighted by Crippen LogP contribution is -2.47. The Hall–Kier alpha value is -3.45. The molecule has 178 valence electrons. The Morgan fingerprint density at radius 2 is 1.86 bits per heavy atom. The lowest BCUT2D eigenvalue weighted by Gasteiger charge is -2.37. The highest BCUT2D eigenvalue weighted by Gasteiger charge is 2.34. The Morgan fingerprint density at radius 1 is 1.06 bits per heavy atom. The molecule has 35 heavy (non-hydrogen) atoms. The normalized spacial score (nSPS) is 18.1. The summed E-state index contributed by atoms with van der Waals surface area (Å²) in [5.41, 5.74) is 2.78. The van der Waals surface area contributed by atoms with Crippen molar-refractivity contribution < 1.29 is 14.0 Å². The average Bonchev–Trinajstić information content (AvgIpc) is 3.29. The zero-order valence-corrected chi connectivity index (χ0v) is 20.3. The molecule has 2 unspecified atom stereocenters. The number of nitrogens with zero attached hydrogens (tertiary/aromatic N) is 3. The van der Waals surface area contributed by atoms with E-state index in [2.05, 4.69) is 9.97 Å². The highest BCUT2D eigenvalue weighted by atomic mass is 32.1. The molecule has 7 heteroatoms. The smallest absolute Gasteiger partial charge is 0.266 e. The van der Waals surface area contributed by atoms with Crippen molar-refractivity contribution in [1.82, 2.24) is 14.9 Å². The number of pyridine rings is 1. The summed E-state index contributed by atoms with van der Waals surface area (Å²) in [5.74, 6) is -0.219. The molecule has 5 nitrogen and oxygen atoms in total. The number of carbonyl (C=O) groups is 2. The van der Waals surface area contributed by atoms with E-state index < -0.39 is 6.17 Å². The Balaban J connectivity index is 1.37. The number of piperidine rings is 1. The van der Waals surface area contributed by atoms with E-state index in [0.29, 0.717) is 40.9 Å². The Kier molecular flexibility index (Phi) is 6.68. The maximum Gasteiger partial charge on any atom is 0.266 e. The first kappa shape index (κ1) is 23.3. The molecule has 0 spiro atoms. The molecule has 1 amide bonds. The van der Waals surface area contributed by atoms with Gasteiger partial charge in [0, 0.05) is 35.2 Å². The minimum absolute atomic E-state index is 0.0114. The third-order valence-electron chi connectivity index (χ3n) is 6.52. The fourth-order valence-corrected chi connectivity index (χ4v) is 5.68. The SMILES string of the molecule is Cc1nc(-c2ccccc2)c(C(=O)N2CC(F)CCC2CCC(=O)c2cccc3cccnc23)s1. The molecule has 1 aliphatic rings. The summed E-state index contributed by atoms with van der Waals surface area (Å²) in [5, 5.41) is 1.71. The van der Waals surface area contributed by atoms with Gasteiger partial charge in [-0.2, -0.15) is 0 Å². The highest BCUT2D eigenvalue weighted by molar-refractivity contribution is 7.14. The Morgan fingerprint density at radius 3 is 2.69 bits per heavy atom. The van der Waals surface area contributed by atoms with E-state index >= 15 is 0 Å². The number of fused-ring (bicyclic) bond motifs is 1. The summed E-state index contributed by atoms with van der Waals surface area (Å²) in [4.78, 5) is 38.0. The standard InChI is InChI=1S/C28H26FN3O2S/c1-18-31-26(20-7-3-2-4-8-20)27(35-18)28(34)32-17-21(29)12-13-22(32)14-15-24(33)23-11-5-9-19-10-6-16-30-25(19)23/h2-11,16,21-22H,12-15,17H2,1H3. The van der Waals surface area contributed by atoms with Crippen LogP contribution in [0.3, 0.4) is 0 Å². The van der Waals surface area contributed by atoms with Crippen LogP contribution < -0.4 is 0 Å². The van der Waals surface area contributed by atoms with E-state index in [1.807, 2.05) is 61.5 Å². The van der Waals surface area contributed by atoms with Crippen molar-refractivity contribution in [2.75, 3.05) is 6.54 Å². The lowest BCUT2D eigenvalue weighted by molar-refractivity contribution is 0.0458. The van der Waals surface area contributed by atoms with Crippen LogP contribution in [0.15, 0.2) is 66.9 Å². The zero-order valence-electron chi connectivity index (χ0n) is 19.5. The van der Waals surface area contributed by atoms with Gasteiger partial charge in [0.1, 0.15) is 11.0 Å². The molecule has 5 rings (SSSR count). The summed E-state index contributed by atoms with van der Waals surface area (Å²) in [6.07, 6.45) is 2.30. The van der Waals surface area contributed by atoms with Gasteiger partial charge in [-0.15, -0.1) is 11.3 Å². The third-order valence-corrected chi connectivity index (χ3v) is 7.48. The third kappa shape index (κ3) is 4.86. The van der Waals surface area contributed by atoms with Crippen molar-refractivity contribution in [2.24, 2.45) is 0 Å². The van der Waals surface area contributed by atoms with Gasteiger partial charge >= 0.3 is 0 Å². The molecule has 0 saturated carbocycles. The Labute approximate surface area is 207 Å². The summed E-state index contributed by atoms with van der Waals surface area (Å²) in [6.45, 7) is 1.91. The van der Waals surface area contributed by atoms with Gasteiger partial charge < -0.3 is 4.90 Å². The van der Waals surface area contributed by atoms with E-state index in [4.69, 9.17) is 0 Å². The number of aryl methyl sites for hydroxylation is 1. The summed E-state index contributed by atoms with van der Waals surface area (Å²) >= 11 is 1.34. The molecule has 1 fully saturated rings. The molecule has 2 aromatic heterocycles. The quantitative estimate of drug-likeness (QED) is 0.301. The summed E-state index contributed by atoms with van der Waals surface area (Å²) < 4.78 is 14.5. The van der Waals surface area contributed by atoms with E-state index in [0.717, 1.165) is 16.0 Å². The number of thiazole rings is 1. The molecule has 3 heterocycles. The summed E-state index contributed by atoms with van der Waals surface area (Å²) in [7, 11) is 0. The molecule has 2 aromatic carbocycles. The first-order chi connectivity index (χ1) is 17.0. The molecule has 0 N–H and O–H groups in total.